The van der Waals surface area contributed by atoms with Crippen LogP contribution >= 0.6 is 33.9 Å². The highest BCUT2D eigenvalue weighted by Gasteiger charge is 2.20. The molecule has 0 aromatic carbocycles. The van der Waals surface area contributed by atoms with Gasteiger partial charge in [-0.15, -0.1) is 11.3 Å². The van der Waals surface area contributed by atoms with Crippen LogP contribution in [0.3, 0.4) is 0 Å². The van der Waals surface area contributed by atoms with Crippen LogP contribution in [0, 0.1) is 8.80 Å². The highest BCUT2D eigenvalue weighted by molar-refractivity contribution is 14.1. The Labute approximate surface area is 113 Å². The minimum absolute atomic E-state index is 0.0636. The van der Waals surface area contributed by atoms with Crippen LogP contribution in [0.25, 0.3) is 0 Å². The van der Waals surface area contributed by atoms with Gasteiger partial charge in [0.15, 0.2) is 0 Å². The Bertz CT molecular complexity index is 380. The van der Waals surface area contributed by atoms with E-state index in [1.165, 1.54) is 6.42 Å². The Morgan fingerprint density at radius 1 is 1.75 bits per heavy atom. The molecule has 0 bridgehead atoms. The van der Waals surface area contributed by atoms with E-state index in [2.05, 4.69) is 39.9 Å². The van der Waals surface area contributed by atoms with Gasteiger partial charge in [-0.1, -0.05) is 0 Å². The molecule has 1 amide bonds. The quantitative estimate of drug-likeness (QED) is 0.847. The fourth-order valence-electron chi connectivity index (χ4n) is 1.96. The number of halogens is 1. The second-order valence-corrected chi connectivity index (χ2v) is 7.07. The highest BCUT2D eigenvalue weighted by Crippen LogP contribution is 2.17. The average molecular weight is 350 g/mol. The number of nitrogens with zero attached hydrogens (tertiary/aromatic N) is 1. The van der Waals surface area contributed by atoms with Gasteiger partial charge in [-0.2, -0.15) is 0 Å². The van der Waals surface area contributed by atoms with Crippen molar-refractivity contribution in [2.24, 2.45) is 5.92 Å². The fourth-order valence-corrected chi connectivity index (χ4v) is 3.29. The Kier molecular flexibility index (Phi) is 4.21. The van der Waals surface area contributed by atoms with Gasteiger partial charge in [-0.3, -0.25) is 4.79 Å². The lowest BCUT2D eigenvalue weighted by atomic mass is 10.1. The number of hydrogen-bond donors (Lipinski definition) is 1. The zero-order valence-electron chi connectivity index (χ0n) is 9.20. The van der Waals surface area contributed by atoms with Crippen molar-refractivity contribution in [3.8, 4) is 0 Å². The monoisotopic (exact) mass is 350 g/mol. The molecular formula is C11H15IN2OS. The molecule has 5 heteroatoms. The van der Waals surface area contributed by atoms with Gasteiger partial charge in [0.05, 0.1) is 8.45 Å². The molecule has 1 aromatic heterocycles. The first kappa shape index (κ1) is 12.3. The van der Waals surface area contributed by atoms with Gasteiger partial charge in [0.1, 0.15) is 0 Å². The number of carbonyl (C=O) groups is 1. The Morgan fingerprint density at radius 2 is 2.56 bits per heavy atom. The number of rotatable bonds is 3. The standard InChI is InChI=1S/C11H15IN2OS/c1-14-3-2-8(6-14)5-13-11(15)9-4-10(12)16-7-9/h4,7-8H,2-3,5-6H2,1H3,(H,13,15). The molecule has 0 radical (unpaired) electrons. The van der Waals surface area contributed by atoms with E-state index in [9.17, 15) is 4.79 Å². The van der Waals surface area contributed by atoms with Crippen molar-refractivity contribution in [3.05, 3.63) is 19.9 Å². The molecule has 0 saturated carbocycles. The van der Waals surface area contributed by atoms with Gasteiger partial charge < -0.3 is 10.2 Å². The maximum Gasteiger partial charge on any atom is 0.252 e. The third kappa shape index (κ3) is 3.18. The lowest BCUT2D eigenvalue weighted by molar-refractivity contribution is 0.0948. The number of amides is 1. The van der Waals surface area contributed by atoms with Crippen LogP contribution < -0.4 is 5.32 Å². The van der Waals surface area contributed by atoms with Gasteiger partial charge in [-0.25, -0.2) is 0 Å². The van der Waals surface area contributed by atoms with Crippen molar-refractivity contribution in [3.63, 3.8) is 0 Å². The van der Waals surface area contributed by atoms with Crippen LogP contribution in [0.4, 0.5) is 0 Å². The summed E-state index contributed by atoms with van der Waals surface area (Å²) in [7, 11) is 2.13. The molecule has 1 aromatic rings. The largest absolute Gasteiger partial charge is 0.352 e. The molecule has 88 valence electrons. The molecule has 1 fully saturated rings. The number of nitrogens with one attached hydrogen (secondary N) is 1. The molecule has 0 aliphatic carbocycles. The zero-order chi connectivity index (χ0) is 11.5. The minimum atomic E-state index is 0.0636. The molecule has 1 aliphatic rings. The highest BCUT2D eigenvalue weighted by atomic mass is 127. The number of carbonyl (C=O) groups excluding carboxylic acids is 1. The summed E-state index contributed by atoms with van der Waals surface area (Å²) < 4.78 is 1.16. The zero-order valence-corrected chi connectivity index (χ0v) is 12.2. The fraction of sp³-hybridized carbons (Fsp3) is 0.545. The van der Waals surface area contributed by atoms with Gasteiger partial charge in [0.25, 0.3) is 5.91 Å². The molecule has 3 nitrogen and oxygen atoms in total. The van der Waals surface area contributed by atoms with Crippen molar-refractivity contribution in [2.45, 2.75) is 6.42 Å². The lowest BCUT2D eigenvalue weighted by Crippen LogP contribution is -2.30. The molecule has 0 spiro atoms. The predicted octanol–water partition coefficient (Wildman–Crippen LogP) is 2.03. The van der Waals surface area contributed by atoms with Crippen LogP contribution in [0.1, 0.15) is 16.8 Å². The molecule has 1 unspecified atom stereocenters. The lowest BCUT2D eigenvalue weighted by Gasteiger charge is -2.11. The molecule has 1 atom stereocenters. The summed E-state index contributed by atoms with van der Waals surface area (Å²) in [5.41, 5.74) is 0.792. The van der Waals surface area contributed by atoms with Crippen LogP contribution in [-0.2, 0) is 0 Å². The number of likely N-dealkylation sites (tertiary alicyclic amines) is 1. The van der Waals surface area contributed by atoms with Gasteiger partial charge >= 0.3 is 0 Å². The summed E-state index contributed by atoms with van der Waals surface area (Å²) in [5.74, 6) is 0.681. The molecule has 16 heavy (non-hydrogen) atoms. The Morgan fingerprint density at radius 3 is 3.12 bits per heavy atom. The summed E-state index contributed by atoms with van der Waals surface area (Å²) in [6.45, 7) is 3.05. The predicted molar refractivity (Wildman–Crippen MR) is 75.0 cm³/mol. The van der Waals surface area contributed by atoms with E-state index >= 15 is 0 Å². The van der Waals surface area contributed by atoms with Crippen molar-refractivity contribution in [2.75, 3.05) is 26.7 Å². The van der Waals surface area contributed by atoms with E-state index in [4.69, 9.17) is 0 Å². The van der Waals surface area contributed by atoms with Crippen molar-refractivity contribution >= 4 is 39.8 Å². The van der Waals surface area contributed by atoms with Crippen molar-refractivity contribution in [1.82, 2.24) is 10.2 Å². The van der Waals surface area contributed by atoms with E-state index in [1.54, 1.807) is 11.3 Å². The van der Waals surface area contributed by atoms with Crippen LogP contribution in [0.2, 0.25) is 0 Å². The minimum Gasteiger partial charge on any atom is -0.352 e. The van der Waals surface area contributed by atoms with E-state index in [-0.39, 0.29) is 5.91 Å². The summed E-state index contributed by atoms with van der Waals surface area (Å²) in [5, 5.41) is 4.93. The van der Waals surface area contributed by atoms with E-state index in [0.717, 1.165) is 28.1 Å². The summed E-state index contributed by atoms with van der Waals surface area (Å²) in [4.78, 5) is 14.1. The summed E-state index contributed by atoms with van der Waals surface area (Å²) in [6.07, 6.45) is 1.19. The van der Waals surface area contributed by atoms with E-state index in [0.29, 0.717) is 5.92 Å². The van der Waals surface area contributed by atoms with Gasteiger partial charge in [0, 0.05) is 18.5 Å². The SMILES string of the molecule is CN1CCC(CNC(=O)c2csc(I)c2)C1. The summed E-state index contributed by atoms with van der Waals surface area (Å²) in [6, 6.07) is 1.93. The van der Waals surface area contributed by atoms with Crippen LogP contribution in [-0.4, -0.2) is 37.5 Å². The Balaban J connectivity index is 1.80. The normalized spacial score (nSPS) is 21.2. The smallest absolute Gasteiger partial charge is 0.252 e. The summed E-state index contributed by atoms with van der Waals surface area (Å²) >= 11 is 3.84. The molecule has 1 aliphatic heterocycles. The first-order valence-corrected chi connectivity index (χ1v) is 7.32. The average Bonchev–Trinajstić information content (AvgIpc) is 2.84. The topological polar surface area (TPSA) is 32.3 Å². The Hall–Kier alpha value is -0.140. The number of thiophene rings is 1. The molecule has 2 rings (SSSR count). The maximum absolute atomic E-state index is 11.8. The molecular weight excluding hydrogens is 335 g/mol. The third-order valence-electron chi connectivity index (χ3n) is 2.87. The van der Waals surface area contributed by atoms with Crippen LogP contribution in [0.15, 0.2) is 11.4 Å². The second-order valence-electron chi connectivity index (χ2n) is 4.27. The molecule has 1 N–H and O–H groups in total. The molecule has 2 heterocycles. The van der Waals surface area contributed by atoms with Gasteiger partial charge in [-0.05, 0) is 54.6 Å². The van der Waals surface area contributed by atoms with Crippen molar-refractivity contribution in [1.29, 1.82) is 0 Å². The third-order valence-corrected chi connectivity index (χ3v) is 4.66. The van der Waals surface area contributed by atoms with E-state index < -0.39 is 0 Å². The van der Waals surface area contributed by atoms with Crippen molar-refractivity contribution < 1.29 is 4.79 Å². The molecule has 1 saturated heterocycles. The second kappa shape index (κ2) is 5.46. The van der Waals surface area contributed by atoms with E-state index in [1.807, 2.05) is 11.4 Å². The van der Waals surface area contributed by atoms with Crippen LogP contribution in [0.5, 0.6) is 0 Å². The first-order valence-electron chi connectivity index (χ1n) is 5.36. The van der Waals surface area contributed by atoms with Gasteiger partial charge in [0.2, 0.25) is 0 Å². The number of hydrogen-bond acceptors (Lipinski definition) is 3. The first-order chi connectivity index (χ1) is 7.65. The maximum atomic E-state index is 11.8.